The van der Waals surface area contributed by atoms with Crippen LogP contribution in [0.25, 0.3) is 0 Å². The van der Waals surface area contributed by atoms with Crippen molar-refractivity contribution >= 4 is 11.7 Å². The SMILES string of the molecule is CNc1ccc(C(=O)NCCCCCCC(C)C)cn1. The van der Waals surface area contributed by atoms with E-state index in [4.69, 9.17) is 0 Å². The van der Waals surface area contributed by atoms with E-state index in [0.29, 0.717) is 5.56 Å². The summed E-state index contributed by atoms with van der Waals surface area (Å²) in [6.45, 7) is 5.26. The number of unbranched alkanes of at least 4 members (excludes halogenated alkanes) is 3. The molecule has 1 rings (SSSR count). The average Bonchev–Trinajstić information content (AvgIpc) is 2.45. The van der Waals surface area contributed by atoms with Crippen molar-refractivity contribution < 1.29 is 4.79 Å². The van der Waals surface area contributed by atoms with E-state index in [0.717, 1.165) is 24.7 Å². The second kappa shape index (κ2) is 9.34. The predicted octanol–water partition coefficient (Wildman–Crippen LogP) is 3.46. The van der Waals surface area contributed by atoms with Crippen molar-refractivity contribution in [3.05, 3.63) is 23.9 Å². The highest BCUT2D eigenvalue weighted by Gasteiger charge is 2.04. The maximum Gasteiger partial charge on any atom is 0.252 e. The third-order valence-corrected chi connectivity index (χ3v) is 3.28. The zero-order valence-electron chi connectivity index (χ0n) is 12.9. The van der Waals surface area contributed by atoms with E-state index in [9.17, 15) is 4.79 Å². The van der Waals surface area contributed by atoms with Crippen LogP contribution in [0.5, 0.6) is 0 Å². The van der Waals surface area contributed by atoms with E-state index < -0.39 is 0 Å². The van der Waals surface area contributed by atoms with Gasteiger partial charge < -0.3 is 10.6 Å². The minimum atomic E-state index is -0.0395. The van der Waals surface area contributed by atoms with Crippen molar-refractivity contribution in [2.45, 2.75) is 46.0 Å². The van der Waals surface area contributed by atoms with Gasteiger partial charge in [0.15, 0.2) is 0 Å². The van der Waals surface area contributed by atoms with Crippen LogP contribution in [0.15, 0.2) is 18.3 Å². The molecule has 0 bridgehead atoms. The number of hydrogen-bond donors (Lipinski definition) is 2. The van der Waals surface area contributed by atoms with Crippen LogP contribution in [-0.4, -0.2) is 24.5 Å². The molecule has 2 N–H and O–H groups in total. The normalized spacial score (nSPS) is 10.6. The molecule has 0 saturated heterocycles. The Labute approximate surface area is 122 Å². The molecule has 0 saturated carbocycles. The maximum atomic E-state index is 11.9. The van der Waals surface area contributed by atoms with Gasteiger partial charge in [0.2, 0.25) is 0 Å². The highest BCUT2D eigenvalue weighted by Crippen LogP contribution is 2.09. The van der Waals surface area contributed by atoms with Gasteiger partial charge in [-0.25, -0.2) is 4.98 Å². The first-order valence-electron chi connectivity index (χ1n) is 7.55. The van der Waals surface area contributed by atoms with Gasteiger partial charge in [-0.2, -0.15) is 0 Å². The van der Waals surface area contributed by atoms with E-state index >= 15 is 0 Å². The summed E-state index contributed by atoms with van der Waals surface area (Å²) in [7, 11) is 1.81. The number of amides is 1. The topological polar surface area (TPSA) is 54.0 Å². The molecular weight excluding hydrogens is 250 g/mol. The first kappa shape index (κ1) is 16.5. The number of nitrogens with one attached hydrogen (secondary N) is 2. The van der Waals surface area contributed by atoms with E-state index in [2.05, 4.69) is 29.5 Å². The number of nitrogens with zero attached hydrogens (tertiary/aromatic N) is 1. The summed E-state index contributed by atoms with van der Waals surface area (Å²) >= 11 is 0. The Balaban J connectivity index is 2.13. The summed E-state index contributed by atoms with van der Waals surface area (Å²) in [6.07, 6.45) is 7.68. The average molecular weight is 277 g/mol. The van der Waals surface area contributed by atoms with Crippen LogP contribution in [0, 0.1) is 5.92 Å². The van der Waals surface area contributed by atoms with Gasteiger partial charge in [0.25, 0.3) is 5.91 Å². The van der Waals surface area contributed by atoms with Gasteiger partial charge in [0.05, 0.1) is 5.56 Å². The quantitative estimate of drug-likeness (QED) is 0.680. The van der Waals surface area contributed by atoms with E-state index in [1.54, 1.807) is 25.4 Å². The molecule has 0 aliphatic heterocycles. The molecule has 0 fully saturated rings. The van der Waals surface area contributed by atoms with Crippen LogP contribution >= 0.6 is 0 Å². The molecular formula is C16H27N3O. The second-order valence-electron chi connectivity index (χ2n) is 5.53. The van der Waals surface area contributed by atoms with Gasteiger partial charge in [-0.1, -0.05) is 39.5 Å². The van der Waals surface area contributed by atoms with Gasteiger partial charge in [0, 0.05) is 19.8 Å². The first-order chi connectivity index (χ1) is 9.63. The lowest BCUT2D eigenvalue weighted by molar-refractivity contribution is 0.0952. The Bertz CT molecular complexity index is 387. The predicted molar refractivity (Wildman–Crippen MR) is 84.0 cm³/mol. The van der Waals surface area contributed by atoms with Gasteiger partial charge in [-0.3, -0.25) is 4.79 Å². The molecule has 1 aromatic rings. The number of anilines is 1. The molecule has 0 aromatic carbocycles. The van der Waals surface area contributed by atoms with E-state index in [1.807, 2.05) is 0 Å². The zero-order valence-corrected chi connectivity index (χ0v) is 12.9. The minimum absolute atomic E-state index is 0.0395. The highest BCUT2D eigenvalue weighted by atomic mass is 16.1. The number of aromatic nitrogens is 1. The summed E-state index contributed by atoms with van der Waals surface area (Å²) in [6, 6.07) is 3.59. The van der Waals surface area contributed by atoms with Gasteiger partial charge in [0.1, 0.15) is 5.82 Å². The Morgan fingerprint density at radius 1 is 1.20 bits per heavy atom. The van der Waals surface area contributed by atoms with Gasteiger partial charge in [-0.05, 0) is 24.5 Å². The van der Waals surface area contributed by atoms with Crippen molar-refractivity contribution in [1.82, 2.24) is 10.3 Å². The number of pyridine rings is 1. The van der Waals surface area contributed by atoms with Crippen LogP contribution < -0.4 is 10.6 Å². The van der Waals surface area contributed by atoms with Crippen LogP contribution in [-0.2, 0) is 0 Å². The lowest BCUT2D eigenvalue weighted by atomic mass is 10.0. The lowest BCUT2D eigenvalue weighted by Crippen LogP contribution is -2.24. The molecule has 1 aromatic heterocycles. The minimum Gasteiger partial charge on any atom is -0.373 e. The van der Waals surface area contributed by atoms with Crippen LogP contribution in [0.1, 0.15) is 56.3 Å². The summed E-state index contributed by atoms with van der Waals surface area (Å²) in [5.41, 5.74) is 0.615. The molecule has 0 spiro atoms. The summed E-state index contributed by atoms with van der Waals surface area (Å²) in [4.78, 5) is 16.0. The Hall–Kier alpha value is -1.58. The lowest BCUT2D eigenvalue weighted by Gasteiger charge is -2.06. The molecule has 0 atom stereocenters. The van der Waals surface area contributed by atoms with E-state index in [-0.39, 0.29) is 5.91 Å². The van der Waals surface area contributed by atoms with Crippen LogP contribution in [0.4, 0.5) is 5.82 Å². The molecule has 20 heavy (non-hydrogen) atoms. The number of carbonyl (C=O) groups is 1. The van der Waals surface area contributed by atoms with Crippen LogP contribution in [0.3, 0.4) is 0 Å². The summed E-state index contributed by atoms with van der Waals surface area (Å²) in [5.74, 6) is 1.52. The molecule has 1 amide bonds. The number of hydrogen-bond acceptors (Lipinski definition) is 3. The molecule has 0 aliphatic carbocycles. The van der Waals surface area contributed by atoms with Crippen molar-refractivity contribution in [2.24, 2.45) is 5.92 Å². The molecule has 4 nitrogen and oxygen atoms in total. The van der Waals surface area contributed by atoms with Crippen LogP contribution in [0.2, 0.25) is 0 Å². The fourth-order valence-corrected chi connectivity index (χ4v) is 2.01. The third-order valence-electron chi connectivity index (χ3n) is 3.28. The fraction of sp³-hybridized carbons (Fsp3) is 0.625. The number of carbonyl (C=O) groups excluding carboxylic acids is 1. The third kappa shape index (κ3) is 6.55. The Morgan fingerprint density at radius 2 is 1.95 bits per heavy atom. The van der Waals surface area contributed by atoms with Gasteiger partial charge in [-0.15, -0.1) is 0 Å². The standard InChI is InChI=1S/C16H27N3O/c1-13(2)8-6-4-5-7-11-18-16(20)14-9-10-15(17-3)19-12-14/h9-10,12-13H,4-8,11H2,1-3H3,(H,17,19)(H,18,20). The Kier molecular flexibility index (Phi) is 7.70. The van der Waals surface area contributed by atoms with Crippen molar-refractivity contribution in [3.63, 3.8) is 0 Å². The maximum absolute atomic E-state index is 11.9. The highest BCUT2D eigenvalue weighted by molar-refractivity contribution is 5.93. The molecule has 0 aliphatic rings. The molecule has 112 valence electrons. The van der Waals surface area contributed by atoms with Crippen molar-refractivity contribution in [2.75, 3.05) is 18.9 Å². The second-order valence-corrected chi connectivity index (χ2v) is 5.53. The zero-order chi connectivity index (χ0) is 14.8. The largest absolute Gasteiger partial charge is 0.373 e. The summed E-state index contributed by atoms with van der Waals surface area (Å²) < 4.78 is 0. The Morgan fingerprint density at radius 3 is 2.55 bits per heavy atom. The smallest absolute Gasteiger partial charge is 0.252 e. The molecule has 4 heteroatoms. The first-order valence-corrected chi connectivity index (χ1v) is 7.55. The molecule has 1 heterocycles. The fourth-order valence-electron chi connectivity index (χ4n) is 2.01. The van der Waals surface area contributed by atoms with E-state index in [1.165, 1.54) is 25.7 Å². The van der Waals surface area contributed by atoms with Crippen molar-refractivity contribution in [1.29, 1.82) is 0 Å². The monoisotopic (exact) mass is 277 g/mol. The number of rotatable bonds is 9. The molecule has 0 radical (unpaired) electrons. The van der Waals surface area contributed by atoms with Gasteiger partial charge >= 0.3 is 0 Å². The summed E-state index contributed by atoms with van der Waals surface area (Å²) in [5, 5.41) is 5.87. The molecule has 0 unspecified atom stereocenters. The van der Waals surface area contributed by atoms with Crippen molar-refractivity contribution in [3.8, 4) is 0 Å².